The number of amides is 1. The highest BCUT2D eigenvalue weighted by molar-refractivity contribution is 9.10. The van der Waals surface area contributed by atoms with Crippen molar-refractivity contribution in [3.8, 4) is 5.75 Å². The number of fused-ring (bicyclic) bond motifs is 1. The number of rotatable bonds is 2. The SMILES string of the molecule is CC1(CN)CCN(C(=O)C2=Cc3cc(Br)ccc3OC2)C1. The molecule has 1 saturated heterocycles. The number of hydrogen-bond donors (Lipinski definition) is 1. The molecule has 0 aliphatic carbocycles. The Morgan fingerprint density at radius 3 is 3.05 bits per heavy atom. The van der Waals surface area contributed by atoms with E-state index in [2.05, 4.69) is 22.9 Å². The molecule has 1 fully saturated rings. The van der Waals surface area contributed by atoms with Gasteiger partial charge in [0.2, 0.25) is 0 Å². The zero-order valence-electron chi connectivity index (χ0n) is 12.1. The standard InChI is InChI=1S/C16H19BrN2O2/c1-16(9-18)4-5-19(10-16)15(20)12-6-11-7-13(17)2-3-14(11)21-8-12/h2-3,6-7H,4-5,8-10,18H2,1H3. The molecule has 0 aromatic heterocycles. The molecule has 1 unspecified atom stereocenters. The molecule has 0 bridgehead atoms. The summed E-state index contributed by atoms with van der Waals surface area (Å²) in [6.45, 7) is 4.59. The molecule has 112 valence electrons. The number of nitrogens with zero attached hydrogens (tertiary/aromatic N) is 1. The summed E-state index contributed by atoms with van der Waals surface area (Å²) in [5, 5.41) is 0. The third-order valence-corrected chi connectivity index (χ3v) is 4.79. The van der Waals surface area contributed by atoms with E-state index in [4.69, 9.17) is 10.5 Å². The summed E-state index contributed by atoms with van der Waals surface area (Å²) < 4.78 is 6.67. The van der Waals surface area contributed by atoms with Crippen molar-refractivity contribution in [2.24, 2.45) is 11.1 Å². The van der Waals surface area contributed by atoms with Crippen LogP contribution in [0.2, 0.25) is 0 Å². The van der Waals surface area contributed by atoms with Crippen molar-refractivity contribution in [1.82, 2.24) is 4.90 Å². The fourth-order valence-corrected chi connectivity index (χ4v) is 3.22. The van der Waals surface area contributed by atoms with Crippen molar-refractivity contribution in [1.29, 1.82) is 0 Å². The second-order valence-electron chi connectivity index (χ2n) is 6.13. The third-order valence-electron chi connectivity index (χ3n) is 4.30. The van der Waals surface area contributed by atoms with Crippen molar-refractivity contribution in [2.45, 2.75) is 13.3 Å². The predicted octanol–water partition coefficient (Wildman–Crippen LogP) is 2.42. The van der Waals surface area contributed by atoms with Gasteiger partial charge in [0.15, 0.2) is 0 Å². The first-order valence-electron chi connectivity index (χ1n) is 7.13. The quantitative estimate of drug-likeness (QED) is 0.890. The van der Waals surface area contributed by atoms with Crippen LogP contribution in [-0.2, 0) is 4.79 Å². The fraction of sp³-hybridized carbons (Fsp3) is 0.438. The van der Waals surface area contributed by atoms with Crippen LogP contribution in [0, 0.1) is 5.41 Å². The van der Waals surface area contributed by atoms with Gasteiger partial charge in [0.05, 0.1) is 5.57 Å². The number of halogens is 1. The van der Waals surface area contributed by atoms with Crippen LogP contribution in [0.3, 0.4) is 0 Å². The third kappa shape index (κ3) is 2.85. The Bertz CT molecular complexity index is 614. The van der Waals surface area contributed by atoms with Crippen LogP contribution in [0.15, 0.2) is 28.2 Å². The first kappa shape index (κ1) is 14.6. The number of hydrogen-bond acceptors (Lipinski definition) is 3. The molecule has 21 heavy (non-hydrogen) atoms. The van der Waals surface area contributed by atoms with Crippen molar-refractivity contribution in [3.63, 3.8) is 0 Å². The van der Waals surface area contributed by atoms with E-state index in [-0.39, 0.29) is 11.3 Å². The first-order valence-corrected chi connectivity index (χ1v) is 7.92. The topological polar surface area (TPSA) is 55.6 Å². The van der Waals surface area contributed by atoms with Crippen molar-refractivity contribution < 1.29 is 9.53 Å². The van der Waals surface area contributed by atoms with Gasteiger partial charge in [-0.15, -0.1) is 0 Å². The highest BCUT2D eigenvalue weighted by Crippen LogP contribution is 2.32. The molecule has 1 amide bonds. The van der Waals surface area contributed by atoms with Crippen LogP contribution in [0.5, 0.6) is 5.75 Å². The van der Waals surface area contributed by atoms with Crippen LogP contribution in [0.4, 0.5) is 0 Å². The normalized spacial score (nSPS) is 24.3. The molecule has 4 nitrogen and oxygen atoms in total. The minimum absolute atomic E-state index is 0.0483. The van der Waals surface area contributed by atoms with Gasteiger partial charge < -0.3 is 15.4 Å². The highest BCUT2D eigenvalue weighted by atomic mass is 79.9. The Kier molecular flexibility index (Phi) is 3.80. The number of nitrogens with two attached hydrogens (primary N) is 1. The molecule has 2 heterocycles. The van der Waals surface area contributed by atoms with Crippen LogP contribution in [-0.4, -0.2) is 37.0 Å². The zero-order chi connectivity index (χ0) is 15.0. The van der Waals surface area contributed by atoms with Crippen molar-refractivity contribution >= 4 is 27.9 Å². The monoisotopic (exact) mass is 350 g/mol. The van der Waals surface area contributed by atoms with Gasteiger partial charge in [0.25, 0.3) is 5.91 Å². The van der Waals surface area contributed by atoms with Crippen LogP contribution in [0.25, 0.3) is 6.08 Å². The van der Waals surface area contributed by atoms with Gasteiger partial charge in [-0.25, -0.2) is 0 Å². The Morgan fingerprint density at radius 1 is 1.52 bits per heavy atom. The summed E-state index contributed by atoms with van der Waals surface area (Å²) >= 11 is 3.44. The van der Waals surface area contributed by atoms with E-state index in [1.165, 1.54) is 0 Å². The Balaban J connectivity index is 1.80. The molecule has 1 aromatic rings. The van der Waals surface area contributed by atoms with Crippen LogP contribution < -0.4 is 10.5 Å². The zero-order valence-corrected chi connectivity index (χ0v) is 13.6. The molecular weight excluding hydrogens is 332 g/mol. The van der Waals surface area contributed by atoms with Crippen LogP contribution in [0.1, 0.15) is 18.9 Å². The molecular formula is C16H19BrN2O2. The second-order valence-corrected chi connectivity index (χ2v) is 7.05. The van der Waals surface area contributed by atoms with Gasteiger partial charge in [-0.2, -0.15) is 0 Å². The Hall–Kier alpha value is -1.33. The van der Waals surface area contributed by atoms with Gasteiger partial charge in [-0.1, -0.05) is 22.9 Å². The van der Waals surface area contributed by atoms with Gasteiger partial charge in [-0.3, -0.25) is 4.79 Å². The smallest absolute Gasteiger partial charge is 0.253 e. The van der Waals surface area contributed by atoms with E-state index in [1.54, 1.807) is 0 Å². The number of carbonyl (C=O) groups is 1. The Morgan fingerprint density at radius 2 is 2.33 bits per heavy atom. The van der Waals surface area contributed by atoms with E-state index >= 15 is 0 Å². The average Bonchev–Trinajstić information content (AvgIpc) is 2.89. The Labute approximate surface area is 133 Å². The maximum atomic E-state index is 12.6. The molecule has 2 N–H and O–H groups in total. The van der Waals surface area contributed by atoms with E-state index in [9.17, 15) is 4.79 Å². The highest BCUT2D eigenvalue weighted by Gasteiger charge is 2.36. The first-order chi connectivity index (χ1) is 10.0. The maximum Gasteiger partial charge on any atom is 0.253 e. The minimum Gasteiger partial charge on any atom is -0.488 e. The van der Waals surface area contributed by atoms with Crippen LogP contribution >= 0.6 is 15.9 Å². The van der Waals surface area contributed by atoms with E-state index in [0.29, 0.717) is 18.7 Å². The molecule has 2 aliphatic rings. The van der Waals surface area contributed by atoms with Gasteiger partial charge >= 0.3 is 0 Å². The predicted molar refractivity (Wildman–Crippen MR) is 86.0 cm³/mol. The number of likely N-dealkylation sites (tertiary alicyclic amines) is 1. The maximum absolute atomic E-state index is 12.6. The molecule has 3 rings (SSSR count). The molecule has 5 heteroatoms. The lowest BCUT2D eigenvalue weighted by molar-refractivity contribution is -0.126. The lowest BCUT2D eigenvalue weighted by Crippen LogP contribution is -2.36. The van der Waals surface area contributed by atoms with Crippen molar-refractivity contribution in [2.75, 3.05) is 26.2 Å². The molecule has 2 aliphatic heterocycles. The second kappa shape index (κ2) is 5.46. The number of ether oxygens (including phenoxy) is 1. The van der Waals surface area contributed by atoms with E-state index < -0.39 is 0 Å². The van der Waals surface area contributed by atoms with Gasteiger partial charge in [0, 0.05) is 23.1 Å². The van der Waals surface area contributed by atoms with Gasteiger partial charge in [-0.05, 0) is 42.7 Å². The minimum atomic E-state index is 0.0483. The summed E-state index contributed by atoms with van der Waals surface area (Å²) in [5.41, 5.74) is 7.51. The lowest BCUT2D eigenvalue weighted by Gasteiger charge is -2.25. The number of carbonyl (C=O) groups excluding carboxylic acids is 1. The summed E-state index contributed by atoms with van der Waals surface area (Å²) in [5.74, 6) is 0.890. The van der Waals surface area contributed by atoms with Crippen molar-refractivity contribution in [3.05, 3.63) is 33.8 Å². The molecule has 0 spiro atoms. The largest absolute Gasteiger partial charge is 0.488 e. The summed E-state index contributed by atoms with van der Waals surface area (Å²) in [4.78, 5) is 14.5. The van der Waals surface area contributed by atoms with E-state index in [0.717, 1.165) is 35.3 Å². The fourth-order valence-electron chi connectivity index (χ4n) is 2.84. The molecule has 0 radical (unpaired) electrons. The average molecular weight is 351 g/mol. The van der Waals surface area contributed by atoms with Gasteiger partial charge in [0.1, 0.15) is 12.4 Å². The molecule has 1 atom stereocenters. The summed E-state index contributed by atoms with van der Waals surface area (Å²) in [6.07, 6.45) is 2.90. The summed E-state index contributed by atoms with van der Waals surface area (Å²) in [6, 6.07) is 5.82. The molecule has 0 saturated carbocycles. The summed E-state index contributed by atoms with van der Waals surface area (Å²) in [7, 11) is 0. The lowest BCUT2D eigenvalue weighted by atomic mass is 9.90. The molecule has 1 aromatic carbocycles. The number of benzene rings is 1. The van der Waals surface area contributed by atoms with E-state index in [1.807, 2.05) is 29.2 Å².